The molecule has 5 nitrogen and oxygen atoms in total. The van der Waals surface area contributed by atoms with Crippen LogP contribution in [0.3, 0.4) is 0 Å². The van der Waals surface area contributed by atoms with Crippen molar-refractivity contribution in [3.63, 3.8) is 0 Å². The Hall–Kier alpha value is -2.08. The minimum Gasteiger partial charge on any atom is -0.461 e. The van der Waals surface area contributed by atoms with Gasteiger partial charge in [0.2, 0.25) is 0 Å². The Balaban J connectivity index is 1.96. The molecule has 2 aromatic carbocycles. The first-order valence-corrected chi connectivity index (χ1v) is 8.54. The topological polar surface area (TPSA) is 83.8 Å². The summed E-state index contributed by atoms with van der Waals surface area (Å²) in [7, 11) is -5.60. The second-order valence-corrected chi connectivity index (χ2v) is 6.75. The normalized spacial score (nSPS) is 12.0. The summed E-state index contributed by atoms with van der Waals surface area (Å²) in [6.07, 6.45) is -0.130. The molecular formula is C16H15F2O5P. The predicted molar refractivity (Wildman–Crippen MR) is 82.3 cm³/mol. The van der Waals surface area contributed by atoms with Gasteiger partial charge in [0.25, 0.3) is 0 Å². The number of carbonyl (C=O) groups excluding carboxylic acids is 1. The van der Waals surface area contributed by atoms with Crippen LogP contribution in [0.2, 0.25) is 0 Å². The highest BCUT2D eigenvalue weighted by atomic mass is 31.2. The number of esters is 1. The van der Waals surface area contributed by atoms with Crippen LogP contribution in [0, 0.1) is 0 Å². The molecule has 0 unspecified atom stereocenters. The fourth-order valence-electron chi connectivity index (χ4n) is 1.95. The first-order valence-electron chi connectivity index (χ1n) is 6.92. The molecule has 8 heteroatoms. The maximum absolute atomic E-state index is 13.5. The SMILES string of the molecule is O=C(Cc1ccc(C(F)(F)P(=O)(O)O)cc1)OCc1ccccc1. The van der Waals surface area contributed by atoms with Gasteiger partial charge in [-0.15, -0.1) is 0 Å². The third kappa shape index (κ3) is 4.47. The van der Waals surface area contributed by atoms with Crippen LogP contribution in [0.25, 0.3) is 0 Å². The van der Waals surface area contributed by atoms with E-state index >= 15 is 0 Å². The molecule has 2 aromatic rings. The molecule has 24 heavy (non-hydrogen) atoms. The zero-order chi connectivity index (χ0) is 17.8. The Morgan fingerprint density at radius 3 is 2.12 bits per heavy atom. The monoisotopic (exact) mass is 356 g/mol. The highest BCUT2D eigenvalue weighted by Gasteiger charge is 2.50. The number of benzene rings is 2. The van der Waals surface area contributed by atoms with E-state index in [-0.39, 0.29) is 13.0 Å². The van der Waals surface area contributed by atoms with Crippen molar-refractivity contribution < 1.29 is 32.7 Å². The molecule has 0 bridgehead atoms. The van der Waals surface area contributed by atoms with Crippen LogP contribution >= 0.6 is 7.60 Å². The Labute approximate surface area is 137 Å². The second kappa shape index (κ2) is 7.21. The van der Waals surface area contributed by atoms with Crippen LogP contribution in [-0.2, 0) is 32.8 Å². The first-order chi connectivity index (χ1) is 11.2. The summed E-state index contributed by atoms with van der Waals surface area (Å²) in [6, 6.07) is 13.2. The minimum atomic E-state index is -5.60. The summed E-state index contributed by atoms with van der Waals surface area (Å²) in [5.74, 6) is -0.534. The quantitative estimate of drug-likeness (QED) is 0.613. The Kier molecular flexibility index (Phi) is 5.49. The highest BCUT2D eigenvalue weighted by Crippen LogP contribution is 2.59. The molecule has 0 aliphatic rings. The van der Waals surface area contributed by atoms with Gasteiger partial charge < -0.3 is 14.5 Å². The van der Waals surface area contributed by atoms with Crippen LogP contribution in [-0.4, -0.2) is 15.8 Å². The van der Waals surface area contributed by atoms with Crippen molar-refractivity contribution in [2.45, 2.75) is 18.7 Å². The number of carbonyl (C=O) groups is 1. The molecule has 0 saturated heterocycles. The number of hydrogen-bond acceptors (Lipinski definition) is 3. The van der Waals surface area contributed by atoms with E-state index < -0.39 is 24.8 Å². The predicted octanol–water partition coefficient (Wildman–Crippen LogP) is 3.20. The maximum atomic E-state index is 13.5. The van der Waals surface area contributed by atoms with Gasteiger partial charge in [0.05, 0.1) is 6.42 Å². The van der Waals surface area contributed by atoms with Crippen molar-refractivity contribution in [2.75, 3.05) is 0 Å². The summed E-state index contributed by atoms with van der Waals surface area (Å²) in [6.45, 7) is 0.105. The molecule has 0 fully saturated rings. The van der Waals surface area contributed by atoms with Gasteiger partial charge >= 0.3 is 19.2 Å². The van der Waals surface area contributed by atoms with E-state index in [1.165, 1.54) is 12.1 Å². The smallest absolute Gasteiger partial charge is 0.399 e. The highest BCUT2D eigenvalue weighted by molar-refractivity contribution is 7.52. The van der Waals surface area contributed by atoms with E-state index in [9.17, 15) is 18.1 Å². The molecule has 0 aliphatic carbocycles. The van der Waals surface area contributed by atoms with Crippen LogP contribution in [0.15, 0.2) is 54.6 Å². The fraction of sp³-hybridized carbons (Fsp3) is 0.188. The van der Waals surface area contributed by atoms with Crippen molar-refractivity contribution in [3.05, 3.63) is 71.3 Å². The molecule has 0 radical (unpaired) electrons. The fourth-order valence-corrected chi connectivity index (χ4v) is 2.43. The first kappa shape index (κ1) is 18.3. The summed E-state index contributed by atoms with van der Waals surface area (Å²) < 4.78 is 42.9. The molecule has 0 heterocycles. The largest absolute Gasteiger partial charge is 0.461 e. The molecule has 2 N–H and O–H groups in total. The lowest BCUT2D eigenvalue weighted by Crippen LogP contribution is -2.14. The lowest BCUT2D eigenvalue weighted by molar-refractivity contribution is -0.144. The molecule has 0 atom stereocenters. The lowest BCUT2D eigenvalue weighted by Gasteiger charge is -2.18. The average Bonchev–Trinajstić information content (AvgIpc) is 2.53. The van der Waals surface area contributed by atoms with E-state index in [1.54, 1.807) is 12.1 Å². The van der Waals surface area contributed by atoms with Gasteiger partial charge in [0, 0.05) is 5.56 Å². The van der Waals surface area contributed by atoms with Crippen LogP contribution in [0.1, 0.15) is 16.7 Å². The number of ether oxygens (including phenoxy) is 1. The van der Waals surface area contributed by atoms with Crippen molar-refractivity contribution >= 4 is 13.6 Å². The van der Waals surface area contributed by atoms with Crippen molar-refractivity contribution in [1.82, 2.24) is 0 Å². The molecule has 2 rings (SSSR count). The third-order valence-electron chi connectivity index (χ3n) is 3.26. The standard InChI is InChI=1S/C16H15F2O5P/c17-16(18,24(20,21)22)14-8-6-12(7-9-14)10-15(19)23-11-13-4-2-1-3-5-13/h1-9H,10-11H2,(H2,20,21,22). The van der Waals surface area contributed by atoms with Gasteiger partial charge in [0.15, 0.2) is 0 Å². The van der Waals surface area contributed by atoms with Gasteiger partial charge in [-0.05, 0) is 11.1 Å². The van der Waals surface area contributed by atoms with E-state index in [0.717, 1.165) is 17.7 Å². The van der Waals surface area contributed by atoms with Gasteiger partial charge in [-0.25, -0.2) is 0 Å². The molecule has 0 aliphatic heterocycles. The van der Waals surface area contributed by atoms with Gasteiger partial charge in [0.1, 0.15) is 6.61 Å². The van der Waals surface area contributed by atoms with Crippen LogP contribution in [0.4, 0.5) is 8.78 Å². The summed E-state index contributed by atoms with van der Waals surface area (Å²) in [5.41, 5.74) is -3.85. The summed E-state index contributed by atoms with van der Waals surface area (Å²) >= 11 is 0. The minimum absolute atomic E-state index is 0.105. The molecule has 0 amide bonds. The maximum Gasteiger partial charge on any atom is 0.399 e. The number of hydrogen-bond donors (Lipinski definition) is 2. The zero-order valence-corrected chi connectivity index (χ0v) is 13.3. The van der Waals surface area contributed by atoms with Gasteiger partial charge in [-0.1, -0.05) is 54.6 Å². The molecule has 0 aromatic heterocycles. The third-order valence-corrected chi connectivity index (χ3v) is 4.25. The second-order valence-electron chi connectivity index (χ2n) is 5.11. The van der Waals surface area contributed by atoms with Gasteiger partial charge in [-0.3, -0.25) is 9.36 Å². The summed E-state index contributed by atoms with van der Waals surface area (Å²) in [5, 5.41) is 0. The Morgan fingerprint density at radius 2 is 1.58 bits per heavy atom. The molecular weight excluding hydrogens is 341 g/mol. The van der Waals surface area contributed by atoms with E-state index in [0.29, 0.717) is 5.56 Å². The van der Waals surface area contributed by atoms with E-state index in [1.807, 2.05) is 18.2 Å². The number of rotatable bonds is 6. The molecule has 0 saturated carbocycles. The average molecular weight is 356 g/mol. The molecule has 128 valence electrons. The van der Waals surface area contributed by atoms with Crippen LogP contribution < -0.4 is 0 Å². The van der Waals surface area contributed by atoms with E-state index in [2.05, 4.69) is 0 Å². The summed E-state index contributed by atoms with van der Waals surface area (Å²) in [4.78, 5) is 29.1. The zero-order valence-electron chi connectivity index (χ0n) is 12.4. The van der Waals surface area contributed by atoms with Crippen molar-refractivity contribution in [1.29, 1.82) is 0 Å². The number of halogens is 2. The Morgan fingerprint density at radius 1 is 1.00 bits per heavy atom. The van der Waals surface area contributed by atoms with Crippen molar-refractivity contribution in [2.24, 2.45) is 0 Å². The van der Waals surface area contributed by atoms with Gasteiger partial charge in [-0.2, -0.15) is 8.78 Å². The lowest BCUT2D eigenvalue weighted by atomic mass is 10.1. The number of alkyl halides is 2. The van der Waals surface area contributed by atoms with Crippen LogP contribution in [0.5, 0.6) is 0 Å². The van der Waals surface area contributed by atoms with Crippen molar-refractivity contribution in [3.8, 4) is 0 Å². The Bertz CT molecular complexity index is 741. The molecule has 0 spiro atoms. The van der Waals surface area contributed by atoms with E-state index in [4.69, 9.17) is 14.5 Å².